The van der Waals surface area contributed by atoms with Crippen LogP contribution in [0.2, 0.25) is 0 Å². The highest BCUT2D eigenvalue weighted by atomic mass is 16.5. The Bertz CT molecular complexity index is 905. The quantitative estimate of drug-likeness (QED) is 0.557. The third-order valence-corrected chi connectivity index (χ3v) is 5.97. The lowest BCUT2D eigenvalue weighted by atomic mass is 10.0. The Morgan fingerprint density at radius 1 is 1.06 bits per heavy atom. The zero-order valence-electron chi connectivity index (χ0n) is 19.4. The molecular weight excluding hydrogens is 404 g/mol. The van der Waals surface area contributed by atoms with E-state index in [0.717, 1.165) is 24.4 Å². The monoisotopic (exact) mass is 438 g/mol. The van der Waals surface area contributed by atoms with E-state index in [2.05, 4.69) is 28.9 Å². The topological polar surface area (TPSA) is 60.0 Å². The fraction of sp³-hybridized carbons (Fsp3) is 0.423. The van der Waals surface area contributed by atoms with Crippen molar-refractivity contribution in [3.8, 4) is 17.2 Å². The molecule has 1 amide bonds. The van der Waals surface area contributed by atoms with E-state index >= 15 is 0 Å². The normalized spacial score (nSPS) is 15.0. The number of carbonyl (C=O) groups excluding carboxylic acids is 1. The largest absolute Gasteiger partial charge is 0.497 e. The van der Waals surface area contributed by atoms with Gasteiger partial charge in [-0.25, -0.2) is 0 Å². The van der Waals surface area contributed by atoms with Crippen molar-refractivity contribution >= 4 is 5.91 Å². The molecule has 172 valence electrons. The SMILES string of the molecule is C=CCc1cc(C(=O)NCC(c2ccc(OC)cc2)N2CCCCC2)cc(OC)c1OC. The number of allylic oxidation sites excluding steroid dienone is 1. The van der Waals surface area contributed by atoms with Gasteiger partial charge in [0.05, 0.1) is 27.4 Å². The summed E-state index contributed by atoms with van der Waals surface area (Å²) in [5.41, 5.74) is 2.59. The van der Waals surface area contributed by atoms with Crippen LogP contribution >= 0.6 is 0 Å². The molecule has 1 heterocycles. The van der Waals surface area contributed by atoms with Crippen LogP contribution in [0.1, 0.15) is 46.8 Å². The summed E-state index contributed by atoms with van der Waals surface area (Å²) in [5.74, 6) is 1.87. The van der Waals surface area contributed by atoms with Crippen molar-refractivity contribution in [3.63, 3.8) is 0 Å². The molecule has 1 aliphatic rings. The Labute approximate surface area is 191 Å². The van der Waals surface area contributed by atoms with Crippen LogP contribution in [-0.4, -0.2) is 51.8 Å². The van der Waals surface area contributed by atoms with Crippen molar-refractivity contribution in [2.45, 2.75) is 31.7 Å². The van der Waals surface area contributed by atoms with Crippen LogP contribution < -0.4 is 19.5 Å². The summed E-state index contributed by atoms with van der Waals surface area (Å²) >= 11 is 0. The van der Waals surface area contributed by atoms with Gasteiger partial charge in [0.2, 0.25) is 0 Å². The summed E-state index contributed by atoms with van der Waals surface area (Å²) in [7, 11) is 4.84. The lowest BCUT2D eigenvalue weighted by Crippen LogP contribution is -2.40. The maximum Gasteiger partial charge on any atom is 0.251 e. The van der Waals surface area contributed by atoms with Crippen molar-refractivity contribution in [1.82, 2.24) is 10.2 Å². The Balaban J connectivity index is 1.81. The molecule has 0 aromatic heterocycles. The molecule has 3 rings (SSSR count). The molecule has 32 heavy (non-hydrogen) atoms. The summed E-state index contributed by atoms with van der Waals surface area (Å²) in [5, 5.41) is 3.15. The van der Waals surface area contributed by atoms with Gasteiger partial charge in [-0.2, -0.15) is 0 Å². The summed E-state index contributed by atoms with van der Waals surface area (Å²) in [6.07, 6.45) is 6.00. The zero-order valence-corrected chi connectivity index (χ0v) is 19.4. The molecule has 0 aliphatic carbocycles. The maximum absolute atomic E-state index is 13.1. The lowest BCUT2D eigenvalue weighted by molar-refractivity contribution is 0.0924. The Morgan fingerprint density at radius 3 is 2.38 bits per heavy atom. The molecule has 0 radical (unpaired) electrons. The van der Waals surface area contributed by atoms with Crippen LogP contribution in [0.25, 0.3) is 0 Å². The van der Waals surface area contributed by atoms with Gasteiger partial charge in [-0.15, -0.1) is 6.58 Å². The van der Waals surface area contributed by atoms with Crippen LogP contribution in [0.3, 0.4) is 0 Å². The van der Waals surface area contributed by atoms with Crippen molar-refractivity contribution in [3.05, 3.63) is 65.7 Å². The number of likely N-dealkylation sites (tertiary alicyclic amines) is 1. The standard InChI is InChI=1S/C26H34N2O4/c1-5-9-20-16-21(17-24(31-3)25(20)32-4)26(29)27-18-23(28-14-7-6-8-15-28)19-10-12-22(30-2)13-11-19/h5,10-13,16-17,23H,1,6-9,14-15,18H2,2-4H3,(H,27,29). The van der Waals surface area contributed by atoms with Gasteiger partial charge in [0, 0.05) is 17.7 Å². The van der Waals surface area contributed by atoms with E-state index in [1.807, 2.05) is 18.2 Å². The number of hydrogen-bond donors (Lipinski definition) is 1. The first-order chi connectivity index (χ1) is 15.6. The van der Waals surface area contributed by atoms with E-state index < -0.39 is 0 Å². The van der Waals surface area contributed by atoms with E-state index in [9.17, 15) is 4.79 Å². The Kier molecular flexibility index (Phi) is 8.56. The molecule has 2 aromatic carbocycles. The van der Waals surface area contributed by atoms with Crippen molar-refractivity contribution < 1.29 is 19.0 Å². The highest BCUT2D eigenvalue weighted by molar-refractivity contribution is 5.95. The minimum Gasteiger partial charge on any atom is -0.497 e. The molecular formula is C26H34N2O4. The molecule has 0 bridgehead atoms. The highest BCUT2D eigenvalue weighted by Crippen LogP contribution is 2.33. The smallest absolute Gasteiger partial charge is 0.251 e. The van der Waals surface area contributed by atoms with Crippen molar-refractivity contribution in [2.24, 2.45) is 0 Å². The second-order valence-electron chi connectivity index (χ2n) is 7.96. The second kappa shape index (κ2) is 11.6. The van der Waals surface area contributed by atoms with Gasteiger partial charge in [0.15, 0.2) is 11.5 Å². The molecule has 1 unspecified atom stereocenters. The number of nitrogens with zero attached hydrogens (tertiary/aromatic N) is 1. The molecule has 1 aliphatic heterocycles. The first-order valence-corrected chi connectivity index (χ1v) is 11.1. The van der Waals surface area contributed by atoms with E-state index in [4.69, 9.17) is 14.2 Å². The molecule has 1 saturated heterocycles. The molecule has 1 N–H and O–H groups in total. The maximum atomic E-state index is 13.1. The van der Waals surface area contributed by atoms with E-state index in [-0.39, 0.29) is 11.9 Å². The number of rotatable bonds is 10. The van der Waals surface area contributed by atoms with Crippen LogP contribution in [0.5, 0.6) is 17.2 Å². The summed E-state index contributed by atoms with van der Waals surface area (Å²) in [4.78, 5) is 15.6. The average Bonchev–Trinajstić information content (AvgIpc) is 2.84. The number of methoxy groups -OCH3 is 3. The highest BCUT2D eigenvalue weighted by Gasteiger charge is 2.24. The van der Waals surface area contributed by atoms with Gasteiger partial charge < -0.3 is 19.5 Å². The fourth-order valence-corrected chi connectivity index (χ4v) is 4.29. The third kappa shape index (κ3) is 5.62. The van der Waals surface area contributed by atoms with Crippen LogP contribution in [0.4, 0.5) is 0 Å². The minimum absolute atomic E-state index is 0.109. The average molecular weight is 439 g/mol. The van der Waals surface area contributed by atoms with Gasteiger partial charge in [-0.1, -0.05) is 24.6 Å². The van der Waals surface area contributed by atoms with Crippen molar-refractivity contribution in [1.29, 1.82) is 0 Å². The van der Waals surface area contributed by atoms with Gasteiger partial charge in [-0.3, -0.25) is 9.69 Å². The first kappa shape index (κ1) is 23.7. The number of nitrogens with one attached hydrogen (secondary N) is 1. The second-order valence-corrected chi connectivity index (χ2v) is 7.96. The predicted molar refractivity (Wildman–Crippen MR) is 127 cm³/mol. The summed E-state index contributed by atoms with van der Waals surface area (Å²) < 4.78 is 16.3. The molecule has 1 fully saturated rings. The molecule has 6 nitrogen and oxygen atoms in total. The van der Waals surface area contributed by atoms with Gasteiger partial charge >= 0.3 is 0 Å². The number of ether oxygens (including phenoxy) is 3. The molecule has 1 atom stereocenters. The van der Waals surface area contributed by atoms with E-state index in [1.54, 1.807) is 33.5 Å². The van der Waals surface area contributed by atoms with Gasteiger partial charge in [0.1, 0.15) is 5.75 Å². The van der Waals surface area contributed by atoms with E-state index in [0.29, 0.717) is 30.0 Å². The van der Waals surface area contributed by atoms with E-state index in [1.165, 1.54) is 24.8 Å². The third-order valence-electron chi connectivity index (χ3n) is 5.97. The lowest BCUT2D eigenvalue weighted by Gasteiger charge is -2.35. The number of carbonyl (C=O) groups is 1. The molecule has 6 heteroatoms. The summed E-state index contributed by atoms with van der Waals surface area (Å²) in [6.45, 7) is 6.40. The summed E-state index contributed by atoms with van der Waals surface area (Å²) in [6, 6.07) is 11.8. The predicted octanol–water partition coefficient (Wildman–Crippen LogP) is 4.40. The van der Waals surface area contributed by atoms with Crippen LogP contribution in [-0.2, 0) is 6.42 Å². The first-order valence-electron chi connectivity index (χ1n) is 11.1. The number of hydrogen-bond acceptors (Lipinski definition) is 5. The molecule has 2 aromatic rings. The van der Waals surface area contributed by atoms with Crippen molar-refractivity contribution in [2.75, 3.05) is 41.0 Å². The number of piperidine rings is 1. The zero-order chi connectivity index (χ0) is 22.9. The van der Waals surface area contributed by atoms with Gasteiger partial charge in [-0.05, 0) is 62.2 Å². The molecule has 0 saturated carbocycles. The minimum atomic E-state index is -0.133. The Hall–Kier alpha value is -2.99. The fourth-order valence-electron chi connectivity index (χ4n) is 4.29. The van der Waals surface area contributed by atoms with Gasteiger partial charge in [0.25, 0.3) is 5.91 Å². The Morgan fingerprint density at radius 2 is 1.78 bits per heavy atom. The van der Waals surface area contributed by atoms with Crippen LogP contribution in [0.15, 0.2) is 49.1 Å². The van der Waals surface area contributed by atoms with Crippen LogP contribution in [0, 0.1) is 0 Å². The number of benzene rings is 2. The number of amides is 1. The molecule has 0 spiro atoms.